The number of piperazine rings is 1. The van der Waals surface area contributed by atoms with Gasteiger partial charge < -0.3 is 10.6 Å². The maximum Gasteiger partial charge on any atom is 0.225 e. The Kier molecular flexibility index (Phi) is 4.48. The Hall–Kier alpha value is -1.50. The minimum atomic E-state index is 0.128. The van der Waals surface area contributed by atoms with Crippen LogP contribution in [0.2, 0.25) is 0 Å². The van der Waals surface area contributed by atoms with Crippen LogP contribution >= 0.6 is 11.3 Å². The van der Waals surface area contributed by atoms with E-state index in [1.807, 2.05) is 6.07 Å². The lowest BCUT2D eigenvalue weighted by Crippen LogP contribution is -2.51. The molecule has 2 N–H and O–H groups in total. The van der Waals surface area contributed by atoms with Crippen LogP contribution in [0, 0.1) is 0 Å². The average molecular weight is 303 g/mol. The third kappa shape index (κ3) is 3.23. The van der Waals surface area contributed by atoms with Gasteiger partial charge in [0.05, 0.1) is 6.04 Å². The number of nitrogens with two attached hydrogens (primary N) is 1. The predicted octanol–water partition coefficient (Wildman–Crippen LogP) is 1.75. The SMILES string of the molecule is CC(N)C(c1cccs1)N1CCN(c2ncccn2)CC1. The fraction of sp³-hybridized carbons (Fsp3) is 0.467. The third-order valence-corrected chi connectivity index (χ3v) is 4.82. The number of hydrogen-bond donors (Lipinski definition) is 1. The molecule has 1 saturated heterocycles. The Balaban J connectivity index is 1.67. The highest BCUT2D eigenvalue weighted by Gasteiger charge is 2.28. The van der Waals surface area contributed by atoms with Gasteiger partial charge in [-0.3, -0.25) is 4.90 Å². The summed E-state index contributed by atoms with van der Waals surface area (Å²) in [5.74, 6) is 0.825. The zero-order valence-electron chi connectivity index (χ0n) is 12.2. The lowest BCUT2D eigenvalue weighted by molar-refractivity contribution is 0.168. The number of hydrogen-bond acceptors (Lipinski definition) is 6. The summed E-state index contributed by atoms with van der Waals surface area (Å²) in [5, 5.41) is 2.12. The summed E-state index contributed by atoms with van der Waals surface area (Å²) in [4.78, 5) is 14.7. The smallest absolute Gasteiger partial charge is 0.225 e. The van der Waals surface area contributed by atoms with E-state index in [0.717, 1.165) is 32.1 Å². The summed E-state index contributed by atoms with van der Waals surface area (Å²) >= 11 is 1.79. The van der Waals surface area contributed by atoms with Gasteiger partial charge in [0.2, 0.25) is 5.95 Å². The Morgan fingerprint density at radius 2 is 1.86 bits per heavy atom. The zero-order valence-corrected chi connectivity index (χ0v) is 13.0. The van der Waals surface area contributed by atoms with Crippen LogP contribution in [0.4, 0.5) is 5.95 Å². The molecule has 3 rings (SSSR count). The van der Waals surface area contributed by atoms with Gasteiger partial charge in [-0.25, -0.2) is 9.97 Å². The van der Waals surface area contributed by atoms with Crippen molar-refractivity contribution in [3.8, 4) is 0 Å². The highest BCUT2D eigenvalue weighted by Crippen LogP contribution is 2.28. The van der Waals surface area contributed by atoms with E-state index in [-0.39, 0.29) is 6.04 Å². The van der Waals surface area contributed by atoms with Crippen LogP contribution in [0.3, 0.4) is 0 Å². The maximum atomic E-state index is 6.23. The summed E-state index contributed by atoms with van der Waals surface area (Å²) in [5.41, 5.74) is 6.23. The second-order valence-corrected chi connectivity index (χ2v) is 6.37. The first-order valence-corrected chi connectivity index (χ1v) is 8.18. The number of aromatic nitrogens is 2. The Bertz CT molecular complexity index is 534. The van der Waals surface area contributed by atoms with Crippen molar-refractivity contribution in [2.45, 2.75) is 19.0 Å². The zero-order chi connectivity index (χ0) is 14.7. The third-order valence-electron chi connectivity index (χ3n) is 3.88. The molecule has 6 heteroatoms. The molecule has 0 amide bonds. The maximum absolute atomic E-state index is 6.23. The monoisotopic (exact) mass is 303 g/mol. The van der Waals surface area contributed by atoms with Crippen molar-refractivity contribution in [1.29, 1.82) is 0 Å². The van der Waals surface area contributed by atoms with E-state index in [9.17, 15) is 0 Å². The molecule has 3 heterocycles. The lowest BCUT2D eigenvalue weighted by Gasteiger charge is -2.40. The van der Waals surface area contributed by atoms with E-state index < -0.39 is 0 Å². The van der Waals surface area contributed by atoms with Gasteiger partial charge in [0.15, 0.2) is 0 Å². The average Bonchev–Trinajstić information content (AvgIpc) is 3.03. The first kappa shape index (κ1) is 14.4. The van der Waals surface area contributed by atoms with Crippen LogP contribution in [0.25, 0.3) is 0 Å². The standard InChI is InChI=1S/C15H21N5S/c1-12(16)14(13-4-2-11-21-13)19-7-9-20(10-8-19)15-17-5-3-6-18-15/h2-6,11-12,14H,7-10,16H2,1H3. The van der Waals surface area contributed by atoms with Gasteiger partial charge >= 0.3 is 0 Å². The van der Waals surface area contributed by atoms with E-state index in [2.05, 4.69) is 44.2 Å². The molecule has 1 aliphatic rings. The first-order chi connectivity index (χ1) is 10.3. The molecule has 0 saturated carbocycles. The van der Waals surface area contributed by atoms with E-state index in [1.54, 1.807) is 23.7 Å². The highest BCUT2D eigenvalue weighted by molar-refractivity contribution is 7.10. The van der Waals surface area contributed by atoms with Gasteiger partial charge in [-0.2, -0.15) is 0 Å². The Labute approximate surface area is 129 Å². The molecule has 0 aromatic carbocycles. The normalized spacial score (nSPS) is 19.4. The first-order valence-electron chi connectivity index (χ1n) is 7.30. The van der Waals surface area contributed by atoms with Crippen molar-refractivity contribution in [2.24, 2.45) is 5.73 Å². The summed E-state index contributed by atoms with van der Waals surface area (Å²) in [6.45, 7) is 5.96. The molecule has 2 aromatic heterocycles. The fourth-order valence-corrected chi connectivity index (χ4v) is 3.86. The molecule has 2 unspecified atom stereocenters. The topological polar surface area (TPSA) is 58.3 Å². The van der Waals surface area contributed by atoms with Gasteiger partial charge in [-0.05, 0) is 24.4 Å². The van der Waals surface area contributed by atoms with Gasteiger partial charge in [-0.15, -0.1) is 11.3 Å². The van der Waals surface area contributed by atoms with Crippen molar-refractivity contribution in [1.82, 2.24) is 14.9 Å². The van der Waals surface area contributed by atoms with E-state index in [1.165, 1.54) is 4.88 Å². The van der Waals surface area contributed by atoms with Crippen LogP contribution < -0.4 is 10.6 Å². The summed E-state index contributed by atoms with van der Waals surface area (Å²) in [7, 11) is 0. The molecule has 5 nitrogen and oxygen atoms in total. The quantitative estimate of drug-likeness (QED) is 0.932. The van der Waals surface area contributed by atoms with Crippen molar-refractivity contribution in [3.05, 3.63) is 40.8 Å². The van der Waals surface area contributed by atoms with Crippen LogP contribution in [-0.2, 0) is 0 Å². The molecule has 0 radical (unpaired) electrons. The Morgan fingerprint density at radius 1 is 1.14 bits per heavy atom. The molecule has 0 aliphatic carbocycles. The number of thiophene rings is 1. The van der Waals surface area contributed by atoms with Gasteiger partial charge in [-0.1, -0.05) is 6.07 Å². The van der Waals surface area contributed by atoms with Gasteiger partial charge in [0, 0.05) is 49.5 Å². The van der Waals surface area contributed by atoms with E-state index >= 15 is 0 Å². The molecule has 1 aliphatic heterocycles. The molecule has 21 heavy (non-hydrogen) atoms. The predicted molar refractivity (Wildman–Crippen MR) is 86.5 cm³/mol. The number of nitrogens with zero attached hydrogens (tertiary/aromatic N) is 4. The minimum absolute atomic E-state index is 0.128. The fourth-order valence-electron chi connectivity index (χ4n) is 2.89. The molecule has 112 valence electrons. The molecular weight excluding hydrogens is 282 g/mol. The van der Waals surface area contributed by atoms with Crippen LogP contribution in [0.15, 0.2) is 36.0 Å². The molecule has 1 fully saturated rings. The molecule has 0 spiro atoms. The second kappa shape index (κ2) is 6.51. The molecular formula is C15H21N5S. The van der Waals surface area contributed by atoms with E-state index in [4.69, 9.17) is 5.73 Å². The lowest BCUT2D eigenvalue weighted by atomic mass is 10.1. The highest BCUT2D eigenvalue weighted by atomic mass is 32.1. The van der Waals surface area contributed by atoms with E-state index in [0.29, 0.717) is 6.04 Å². The van der Waals surface area contributed by atoms with Crippen LogP contribution in [-0.4, -0.2) is 47.1 Å². The van der Waals surface area contributed by atoms with Gasteiger partial charge in [0.25, 0.3) is 0 Å². The largest absolute Gasteiger partial charge is 0.338 e. The van der Waals surface area contributed by atoms with Crippen molar-refractivity contribution < 1.29 is 0 Å². The van der Waals surface area contributed by atoms with Gasteiger partial charge in [0.1, 0.15) is 0 Å². The van der Waals surface area contributed by atoms with Crippen molar-refractivity contribution in [2.75, 3.05) is 31.1 Å². The Morgan fingerprint density at radius 3 is 2.43 bits per heavy atom. The molecule has 2 aromatic rings. The summed E-state index contributed by atoms with van der Waals surface area (Å²) in [6, 6.07) is 6.57. The van der Waals surface area contributed by atoms with Crippen LogP contribution in [0.1, 0.15) is 17.8 Å². The van der Waals surface area contributed by atoms with Crippen molar-refractivity contribution >= 4 is 17.3 Å². The molecule has 2 atom stereocenters. The summed E-state index contributed by atoms with van der Waals surface area (Å²) in [6.07, 6.45) is 3.59. The minimum Gasteiger partial charge on any atom is -0.338 e. The van der Waals surface area contributed by atoms with Crippen LogP contribution in [0.5, 0.6) is 0 Å². The number of rotatable bonds is 4. The summed E-state index contributed by atoms with van der Waals surface area (Å²) < 4.78 is 0. The van der Waals surface area contributed by atoms with Crippen molar-refractivity contribution in [3.63, 3.8) is 0 Å². The number of anilines is 1. The molecule has 0 bridgehead atoms. The second-order valence-electron chi connectivity index (χ2n) is 5.39.